The van der Waals surface area contributed by atoms with Crippen molar-refractivity contribution in [1.82, 2.24) is 15.1 Å². The third-order valence-electron chi connectivity index (χ3n) is 2.76. The SMILES string of the molecule is CCCNc1nnc(CN(CC)Cc2cccs2)s1. The molecule has 2 rings (SSSR count). The van der Waals surface area contributed by atoms with Crippen LogP contribution in [0.4, 0.5) is 5.13 Å². The van der Waals surface area contributed by atoms with Gasteiger partial charge in [0.25, 0.3) is 0 Å². The molecule has 0 atom stereocenters. The van der Waals surface area contributed by atoms with Crippen LogP contribution < -0.4 is 5.32 Å². The Morgan fingerprint density at radius 3 is 2.84 bits per heavy atom. The summed E-state index contributed by atoms with van der Waals surface area (Å²) in [4.78, 5) is 3.78. The average molecular weight is 296 g/mol. The predicted molar refractivity (Wildman–Crippen MR) is 82.8 cm³/mol. The minimum absolute atomic E-state index is 0.875. The van der Waals surface area contributed by atoms with Gasteiger partial charge in [0, 0.05) is 18.0 Å². The van der Waals surface area contributed by atoms with E-state index in [0.29, 0.717) is 0 Å². The highest BCUT2D eigenvalue weighted by atomic mass is 32.1. The number of anilines is 1. The smallest absolute Gasteiger partial charge is 0.205 e. The third kappa shape index (κ3) is 4.56. The van der Waals surface area contributed by atoms with Crippen LogP contribution in [0.5, 0.6) is 0 Å². The number of nitrogens with one attached hydrogen (secondary N) is 1. The minimum Gasteiger partial charge on any atom is -0.360 e. The van der Waals surface area contributed by atoms with Crippen molar-refractivity contribution >= 4 is 27.8 Å². The van der Waals surface area contributed by atoms with Gasteiger partial charge in [-0.25, -0.2) is 0 Å². The van der Waals surface area contributed by atoms with Crippen molar-refractivity contribution in [3.8, 4) is 0 Å². The number of hydrogen-bond acceptors (Lipinski definition) is 6. The molecule has 0 bridgehead atoms. The molecule has 0 saturated heterocycles. The van der Waals surface area contributed by atoms with Crippen molar-refractivity contribution in [1.29, 1.82) is 0 Å². The maximum absolute atomic E-state index is 4.25. The van der Waals surface area contributed by atoms with Crippen molar-refractivity contribution in [2.75, 3.05) is 18.4 Å². The van der Waals surface area contributed by atoms with Gasteiger partial charge in [-0.1, -0.05) is 31.3 Å². The third-order valence-corrected chi connectivity index (χ3v) is 4.49. The van der Waals surface area contributed by atoms with Gasteiger partial charge in [0.15, 0.2) is 0 Å². The van der Waals surface area contributed by atoms with Gasteiger partial charge in [-0.2, -0.15) is 0 Å². The number of nitrogens with zero attached hydrogens (tertiary/aromatic N) is 3. The maximum atomic E-state index is 4.25. The Morgan fingerprint density at radius 1 is 1.26 bits per heavy atom. The van der Waals surface area contributed by atoms with Gasteiger partial charge in [0.2, 0.25) is 5.13 Å². The fourth-order valence-corrected chi connectivity index (χ4v) is 3.27. The number of aromatic nitrogens is 2. The Labute approximate surface area is 122 Å². The fourth-order valence-electron chi connectivity index (χ4n) is 1.71. The van der Waals surface area contributed by atoms with Crippen molar-refractivity contribution < 1.29 is 0 Å². The van der Waals surface area contributed by atoms with E-state index in [1.807, 2.05) is 0 Å². The summed E-state index contributed by atoms with van der Waals surface area (Å²) in [5.74, 6) is 0. The molecule has 0 aromatic carbocycles. The Balaban J connectivity index is 1.88. The summed E-state index contributed by atoms with van der Waals surface area (Å²) in [5, 5.41) is 15.8. The molecule has 0 aliphatic rings. The van der Waals surface area contributed by atoms with Gasteiger partial charge < -0.3 is 5.32 Å². The Hall–Kier alpha value is -0.980. The molecule has 0 unspecified atom stereocenters. The Kier molecular flexibility index (Phi) is 5.75. The molecule has 0 spiro atoms. The van der Waals surface area contributed by atoms with E-state index in [2.05, 4.69) is 51.8 Å². The second kappa shape index (κ2) is 7.57. The van der Waals surface area contributed by atoms with E-state index in [-0.39, 0.29) is 0 Å². The quantitative estimate of drug-likeness (QED) is 0.810. The summed E-state index contributed by atoms with van der Waals surface area (Å²) in [6.45, 7) is 8.18. The zero-order chi connectivity index (χ0) is 13.5. The van der Waals surface area contributed by atoms with E-state index in [1.54, 1.807) is 22.7 Å². The topological polar surface area (TPSA) is 41.1 Å². The molecule has 0 saturated carbocycles. The van der Waals surface area contributed by atoms with Crippen LogP contribution in [-0.4, -0.2) is 28.2 Å². The van der Waals surface area contributed by atoms with Gasteiger partial charge in [-0.3, -0.25) is 4.90 Å². The summed E-state index contributed by atoms with van der Waals surface area (Å²) in [7, 11) is 0. The molecular formula is C13H20N4S2. The zero-order valence-electron chi connectivity index (χ0n) is 11.4. The summed E-state index contributed by atoms with van der Waals surface area (Å²) in [5.41, 5.74) is 0. The Bertz CT molecular complexity index is 467. The molecule has 2 heterocycles. The molecule has 6 heteroatoms. The van der Waals surface area contributed by atoms with Crippen molar-refractivity contribution in [3.05, 3.63) is 27.4 Å². The van der Waals surface area contributed by atoms with E-state index >= 15 is 0 Å². The van der Waals surface area contributed by atoms with Gasteiger partial charge in [-0.05, 0) is 24.4 Å². The lowest BCUT2D eigenvalue weighted by atomic mass is 10.4. The largest absolute Gasteiger partial charge is 0.360 e. The Morgan fingerprint density at radius 2 is 2.16 bits per heavy atom. The van der Waals surface area contributed by atoms with E-state index < -0.39 is 0 Å². The van der Waals surface area contributed by atoms with Gasteiger partial charge in [0.05, 0.1) is 6.54 Å². The summed E-state index contributed by atoms with van der Waals surface area (Å²) in [6, 6.07) is 4.28. The first-order valence-corrected chi connectivity index (χ1v) is 8.32. The van der Waals surface area contributed by atoms with Crippen LogP contribution in [0.2, 0.25) is 0 Å². The van der Waals surface area contributed by atoms with Crippen molar-refractivity contribution in [2.24, 2.45) is 0 Å². The lowest BCUT2D eigenvalue weighted by Gasteiger charge is -2.17. The van der Waals surface area contributed by atoms with Crippen LogP contribution in [0, 0.1) is 0 Å². The normalized spacial score (nSPS) is 11.1. The van der Waals surface area contributed by atoms with Crippen LogP contribution in [0.25, 0.3) is 0 Å². The number of rotatable bonds is 8. The van der Waals surface area contributed by atoms with Crippen LogP contribution >= 0.6 is 22.7 Å². The fraction of sp³-hybridized carbons (Fsp3) is 0.538. The molecule has 19 heavy (non-hydrogen) atoms. The summed E-state index contributed by atoms with van der Waals surface area (Å²) < 4.78 is 0. The van der Waals surface area contributed by atoms with E-state index in [0.717, 1.165) is 42.7 Å². The molecule has 2 aromatic heterocycles. The molecule has 104 valence electrons. The number of hydrogen-bond donors (Lipinski definition) is 1. The summed E-state index contributed by atoms with van der Waals surface area (Å²) >= 11 is 3.46. The lowest BCUT2D eigenvalue weighted by molar-refractivity contribution is 0.273. The molecule has 0 radical (unpaired) electrons. The van der Waals surface area contributed by atoms with Crippen LogP contribution in [0.1, 0.15) is 30.2 Å². The second-order valence-corrected chi connectivity index (χ2v) is 6.40. The first kappa shape index (κ1) is 14.4. The molecule has 1 N–H and O–H groups in total. The van der Waals surface area contributed by atoms with Crippen molar-refractivity contribution in [3.63, 3.8) is 0 Å². The van der Waals surface area contributed by atoms with Crippen LogP contribution in [0.15, 0.2) is 17.5 Å². The second-order valence-electron chi connectivity index (χ2n) is 4.31. The molecule has 0 amide bonds. The van der Waals surface area contributed by atoms with Gasteiger partial charge in [0.1, 0.15) is 5.01 Å². The highest BCUT2D eigenvalue weighted by molar-refractivity contribution is 7.15. The van der Waals surface area contributed by atoms with E-state index in [4.69, 9.17) is 0 Å². The highest BCUT2D eigenvalue weighted by Gasteiger charge is 2.10. The predicted octanol–water partition coefficient (Wildman–Crippen LogP) is 3.44. The highest BCUT2D eigenvalue weighted by Crippen LogP contribution is 2.19. The van der Waals surface area contributed by atoms with Crippen LogP contribution in [0.3, 0.4) is 0 Å². The average Bonchev–Trinajstić information content (AvgIpc) is 3.07. The molecule has 0 aliphatic heterocycles. The molecule has 2 aromatic rings. The molecule has 0 fully saturated rings. The summed E-state index contributed by atoms with van der Waals surface area (Å²) in [6.07, 6.45) is 1.11. The monoisotopic (exact) mass is 296 g/mol. The molecule has 0 aliphatic carbocycles. The van der Waals surface area contributed by atoms with Crippen molar-refractivity contribution in [2.45, 2.75) is 33.4 Å². The minimum atomic E-state index is 0.875. The maximum Gasteiger partial charge on any atom is 0.205 e. The van der Waals surface area contributed by atoms with Gasteiger partial charge >= 0.3 is 0 Å². The zero-order valence-corrected chi connectivity index (χ0v) is 13.1. The van der Waals surface area contributed by atoms with Crippen LogP contribution in [-0.2, 0) is 13.1 Å². The number of thiophene rings is 1. The van der Waals surface area contributed by atoms with E-state index in [9.17, 15) is 0 Å². The molecular weight excluding hydrogens is 276 g/mol. The van der Waals surface area contributed by atoms with E-state index in [1.165, 1.54) is 4.88 Å². The molecule has 4 nitrogen and oxygen atoms in total. The first-order chi connectivity index (χ1) is 9.31. The van der Waals surface area contributed by atoms with Gasteiger partial charge in [-0.15, -0.1) is 21.5 Å². The first-order valence-electron chi connectivity index (χ1n) is 6.62. The standard InChI is InChI=1S/C13H20N4S2/c1-3-7-14-13-16-15-12(19-13)10-17(4-2)9-11-6-5-8-18-11/h5-6,8H,3-4,7,9-10H2,1-2H3,(H,14,16). The lowest BCUT2D eigenvalue weighted by Crippen LogP contribution is -2.21.